The zero-order valence-corrected chi connectivity index (χ0v) is 12.8. The van der Waals surface area contributed by atoms with Gasteiger partial charge < -0.3 is 9.80 Å². The summed E-state index contributed by atoms with van der Waals surface area (Å²) in [7, 11) is 0. The Hall–Kier alpha value is -1.50. The van der Waals surface area contributed by atoms with Crippen molar-refractivity contribution in [1.82, 2.24) is 19.4 Å². The smallest absolute Gasteiger partial charge is 0.275 e. The molecule has 2 aliphatic heterocycles. The first-order chi connectivity index (χ1) is 10.1. The summed E-state index contributed by atoms with van der Waals surface area (Å²) in [6.07, 6.45) is 3.85. The van der Waals surface area contributed by atoms with E-state index in [-0.39, 0.29) is 23.9 Å². The molecule has 1 saturated carbocycles. The summed E-state index contributed by atoms with van der Waals surface area (Å²) in [4.78, 5) is 29.6. The third-order valence-electron chi connectivity index (χ3n) is 4.88. The number of amides is 2. The molecular weight excluding hydrogens is 288 g/mol. The van der Waals surface area contributed by atoms with Gasteiger partial charge in [-0.1, -0.05) is 4.49 Å². The van der Waals surface area contributed by atoms with Gasteiger partial charge in [0.2, 0.25) is 5.91 Å². The SMILES string of the molecule is Cc1snnc1C(=O)N1CC[C@H]2[C@@H]1CC(=O)N2CC1CC1. The Kier molecular flexibility index (Phi) is 2.99. The van der Waals surface area contributed by atoms with Gasteiger partial charge in [0.1, 0.15) is 0 Å². The number of carbonyl (C=O) groups excluding carboxylic acids is 2. The Bertz CT molecular complexity index is 598. The Balaban J connectivity index is 1.53. The van der Waals surface area contributed by atoms with E-state index in [1.165, 1.54) is 24.4 Å². The number of fused-ring (bicyclic) bond motifs is 1. The third kappa shape index (κ3) is 2.14. The van der Waals surface area contributed by atoms with Gasteiger partial charge in [-0.2, -0.15) is 0 Å². The second-order valence-corrected chi connectivity index (χ2v) is 7.25. The highest BCUT2D eigenvalue weighted by Gasteiger charge is 2.49. The van der Waals surface area contributed by atoms with Crippen LogP contribution in [0.2, 0.25) is 0 Å². The highest BCUT2D eigenvalue weighted by atomic mass is 32.1. The number of aromatic nitrogens is 2. The molecule has 1 aliphatic carbocycles. The molecule has 0 unspecified atom stereocenters. The molecule has 1 aromatic heterocycles. The molecule has 6 nitrogen and oxygen atoms in total. The summed E-state index contributed by atoms with van der Waals surface area (Å²) in [6.45, 7) is 3.48. The van der Waals surface area contributed by atoms with E-state index in [0.29, 0.717) is 18.0 Å². The highest BCUT2D eigenvalue weighted by molar-refractivity contribution is 7.05. The van der Waals surface area contributed by atoms with E-state index in [1.54, 1.807) is 0 Å². The van der Waals surface area contributed by atoms with Crippen LogP contribution in [0.4, 0.5) is 0 Å². The van der Waals surface area contributed by atoms with E-state index in [2.05, 4.69) is 9.59 Å². The van der Waals surface area contributed by atoms with Crippen molar-refractivity contribution in [3.05, 3.63) is 10.6 Å². The van der Waals surface area contributed by atoms with Crippen LogP contribution in [0.3, 0.4) is 0 Å². The third-order valence-corrected chi connectivity index (χ3v) is 5.51. The lowest BCUT2D eigenvalue weighted by Crippen LogP contribution is -2.40. The molecule has 1 aromatic rings. The van der Waals surface area contributed by atoms with Gasteiger partial charge in [0.25, 0.3) is 5.91 Å². The first-order valence-electron chi connectivity index (χ1n) is 7.54. The summed E-state index contributed by atoms with van der Waals surface area (Å²) >= 11 is 1.25. The molecule has 0 aromatic carbocycles. The second kappa shape index (κ2) is 4.76. The van der Waals surface area contributed by atoms with Crippen molar-refractivity contribution in [3.8, 4) is 0 Å². The maximum atomic E-state index is 12.6. The molecule has 112 valence electrons. The number of nitrogens with zero attached hydrogens (tertiary/aromatic N) is 4. The van der Waals surface area contributed by atoms with Crippen molar-refractivity contribution < 1.29 is 9.59 Å². The topological polar surface area (TPSA) is 66.4 Å². The van der Waals surface area contributed by atoms with Crippen molar-refractivity contribution in [1.29, 1.82) is 0 Å². The monoisotopic (exact) mass is 306 g/mol. The maximum absolute atomic E-state index is 12.6. The van der Waals surface area contributed by atoms with Gasteiger partial charge in [-0.15, -0.1) is 5.10 Å². The number of likely N-dealkylation sites (tertiary alicyclic amines) is 2. The minimum absolute atomic E-state index is 0.0323. The van der Waals surface area contributed by atoms with Crippen molar-refractivity contribution in [2.24, 2.45) is 5.92 Å². The van der Waals surface area contributed by atoms with Crippen LogP contribution in [0.5, 0.6) is 0 Å². The minimum Gasteiger partial charge on any atom is -0.337 e. The minimum atomic E-state index is -0.0604. The van der Waals surface area contributed by atoms with E-state index >= 15 is 0 Å². The first kappa shape index (κ1) is 13.2. The van der Waals surface area contributed by atoms with E-state index < -0.39 is 0 Å². The molecule has 2 atom stereocenters. The molecular formula is C14H18N4O2S. The molecule has 0 radical (unpaired) electrons. The van der Waals surface area contributed by atoms with Crippen molar-refractivity contribution in [2.75, 3.05) is 13.1 Å². The van der Waals surface area contributed by atoms with Crippen molar-refractivity contribution in [2.45, 2.75) is 44.7 Å². The molecule has 2 amide bonds. The van der Waals surface area contributed by atoms with Crippen LogP contribution in [0, 0.1) is 12.8 Å². The molecule has 2 saturated heterocycles. The predicted molar refractivity (Wildman–Crippen MR) is 76.9 cm³/mol. The van der Waals surface area contributed by atoms with Crippen molar-refractivity contribution in [3.63, 3.8) is 0 Å². The summed E-state index contributed by atoms with van der Waals surface area (Å²) in [5.74, 6) is 0.847. The Labute approximate surface area is 127 Å². The van der Waals surface area contributed by atoms with Crippen LogP contribution in [0.25, 0.3) is 0 Å². The second-order valence-electron chi connectivity index (χ2n) is 6.29. The summed E-state index contributed by atoms with van der Waals surface area (Å²) < 4.78 is 3.84. The number of carbonyl (C=O) groups is 2. The van der Waals surface area contributed by atoms with Crippen molar-refractivity contribution >= 4 is 23.3 Å². The lowest BCUT2D eigenvalue weighted by molar-refractivity contribution is -0.129. The van der Waals surface area contributed by atoms with Crippen LogP contribution in [-0.2, 0) is 4.79 Å². The molecule has 3 aliphatic rings. The molecule has 0 N–H and O–H groups in total. The average molecular weight is 306 g/mol. The van der Waals surface area contributed by atoms with Gasteiger partial charge in [-0.05, 0) is 43.6 Å². The van der Waals surface area contributed by atoms with Gasteiger partial charge in [-0.3, -0.25) is 9.59 Å². The summed E-state index contributed by atoms with van der Waals surface area (Å²) in [5, 5.41) is 3.95. The van der Waals surface area contributed by atoms with Gasteiger partial charge in [0, 0.05) is 19.5 Å². The lowest BCUT2D eigenvalue weighted by Gasteiger charge is -2.25. The number of hydrogen-bond donors (Lipinski definition) is 0. The quantitative estimate of drug-likeness (QED) is 0.838. The Morgan fingerprint density at radius 1 is 1.33 bits per heavy atom. The molecule has 3 fully saturated rings. The van der Waals surface area contributed by atoms with Crippen LogP contribution in [0.1, 0.15) is 41.0 Å². The van der Waals surface area contributed by atoms with Crippen LogP contribution in [0.15, 0.2) is 0 Å². The highest BCUT2D eigenvalue weighted by Crippen LogP contribution is 2.38. The normalized spacial score (nSPS) is 28.3. The largest absolute Gasteiger partial charge is 0.337 e. The van der Waals surface area contributed by atoms with Gasteiger partial charge in [-0.25, -0.2) is 0 Å². The van der Waals surface area contributed by atoms with E-state index in [4.69, 9.17) is 0 Å². The summed E-state index contributed by atoms with van der Waals surface area (Å²) in [5.41, 5.74) is 0.453. The van der Waals surface area contributed by atoms with Crippen LogP contribution >= 0.6 is 11.5 Å². The number of hydrogen-bond acceptors (Lipinski definition) is 5. The fraction of sp³-hybridized carbons (Fsp3) is 0.714. The molecule has 0 spiro atoms. The maximum Gasteiger partial charge on any atom is 0.275 e. The standard InChI is InChI=1S/C14H18N4O2S/c1-8-13(15-16-21-8)14(20)17-5-4-10-11(17)6-12(19)18(10)7-9-2-3-9/h9-11H,2-7H2,1H3/t10-,11-/m0/s1. The number of rotatable bonds is 3. The zero-order chi connectivity index (χ0) is 14.6. The van der Waals surface area contributed by atoms with E-state index in [0.717, 1.165) is 24.4 Å². The molecule has 3 heterocycles. The predicted octanol–water partition coefficient (Wildman–Crippen LogP) is 1.07. The van der Waals surface area contributed by atoms with E-state index in [9.17, 15) is 9.59 Å². The van der Waals surface area contributed by atoms with Crippen LogP contribution < -0.4 is 0 Å². The summed E-state index contributed by atoms with van der Waals surface area (Å²) in [6, 6.07) is 0.249. The zero-order valence-electron chi connectivity index (χ0n) is 12.0. The molecule has 21 heavy (non-hydrogen) atoms. The van der Waals surface area contributed by atoms with Gasteiger partial charge in [0.15, 0.2) is 5.69 Å². The fourth-order valence-corrected chi connectivity index (χ4v) is 4.02. The number of aryl methyl sites for hydroxylation is 1. The Morgan fingerprint density at radius 3 is 2.81 bits per heavy atom. The molecule has 0 bridgehead atoms. The molecule has 7 heteroatoms. The van der Waals surface area contributed by atoms with E-state index in [1.807, 2.05) is 16.7 Å². The first-order valence-corrected chi connectivity index (χ1v) is 8.32. The van der Waals surface area contributed by atoms with Crippen LogP contribution in [-0.4, -0.2) is 56.4 Å². The fourth-order valence-electron chi connectivity index (χ4n) is 3.56. The van der Waals surface area contributed by atoms with Gasteiger partial charge >= 0.3 is 0 Å². The lowest BCUT2D eigenvalue weighted by atomic mass is 10.1. The molecule has 4 rings (SSSR count). The van der Waals surface area contributed by atoms with Gasteiger partial charge in [0.05, 0.1) is 17.0 Å². The Morgan fingerprint density at radius 2 is 2.14 bits per heavy atom. The average Bonchev–Trinajstić information content (AvgIpc) is 2.90.